The predicted octanol–water partition coefficient (Wildman–Crippen LogP) is 6.06. The molecule has 0 saturated carbocycles. The Morgan fingerprint density at radius 2 is 1.82 bits per heavy atom. The predicted molar refractivity (Wildman–Crippen MR) is 161 cm³/mol. The summed E-state index contributed by atoms with van der Waals surface area (Å²) in [6, 6.07) is 18.2. The summed E-state index contributed by atoms with van der Waals surface area (Å²) in [5.41, 5.74) is 2.61. The monoisotopic (exact) mass is 622 g/mol. The van der Waals surface area contributed by atoms with Crippen LogP contribution < -0.4 is 0 Å². The van der Waals surface area contributed by atoms with Crippen LogP contribution in [0.2, 0.25) is 18.1 Å². The van der Waals surface area contributed by atoms with E-state index in [0.717, 1.165) is 23.7 Å². The van der Waals surface area contributed by atoms with Crippen molar-refractivity contribution in [2.75, 3.05) is 6.61 Å². The molecule has 1 N–H and O–H groups in total. The quantitative estimate of drug-likeness (QED) is 0.211. The Labute approximate surface area is 257 Å². The molecule has 44 heavy (non-hydrogen) atoms. The first kappa shape index (κ1) is 30.7. The van der Waals surface area contributed by atoms with E-state index in [9.17, 15) is 9.50 Å². The zero-order chi connectivity index (χ0) is 30.8. The number of aliphatic hydroxyl groups is 1. The van der Waals surface area contributed by atoms with E-state index in [1.165, 1.54) is 12.1 Å². The largest absolute Gasteiger partial charge is 0.440 e. The highest BCUT2D eigenvalue weighted by molar-refractivity contribution is 6.73. The fourth-order valence-electron chi connectivity index (χ4n) is 6.22. The maximum atomic E-state index is 14.2. The van der Waals surface area contributed by atoms with Gasteiger partial charge in [0.15, 0.2) is 26.5 Å². The van der Waals surface area contributed by atoms with E-state index in [0.29, 0.717) is 28.6 Å². The first-order chi connectivity index (χ1) is 21.4. The van der Waals surface area contributed by atoms with Crippen LogP contribution in [0.1, 0.15) is 62.1 Å². The van der Waals surface area contributed by atoms with E-state index in [2.05, 4.69) is 36.1 Å². The molecule has 0 bridgehead atoms. The standard InChI is InChI=1S/C32H39FN4O6Si/c1-5-44(6-2,7-3)43-29-27(37-17-24(35-36-37)22-14-11-15-23(33)16-22)28-26(19-39-32(42-28)21-12-9-8-10-13-21)40-30(29)31-34-20(4)25(18-38)41-31/h8-17,26-30,32,38H,5-7,18-19H2,1-4H3/t26-,27+,28+,29-,30-,32+/m1/s1. The number of oxazole rings is 1. The number of benzene rings is 2. The van der Waals surface area contributed by atoms with E-state index < -0.39 is 45.1 Å². The van der Waals surface area contributed by atoms with Crippen LogP contribution in [0.3, 0.4) is 0 Å². The second-order valence-corrected chi connectivity index (χ2v) is 16.1. The second-order valence-electron chi connectivity index (χ2n) is 11.4. The molecule has 6 rings (SSSR count). The summed E-state index contributed by atoms with van der Waals surface area (Å²) in [7, 11) is -2.27. The molecule has 0 spiro atoms. The van der Waals surface area contributed by atoms with Crippen LogP contribution in [0.4, 0.5) is 4.39 Å². The number of hydrogen-bond acceptors (Lipinski definition) is 9. The number of nitrogens with zero attached hydrogens (tertiary/aromatic N) is 4. The molecule has 6 atom stereocenters. The molecule has 0 amide bonds. The zero-order valence-electron chi connectivity index (χ0n) is 25.4. The number of hydrogen-bond donors (Lipinski definition) is 1. The number of aromatic nitrogens is 4. The van der Waals surface area contributed by atoms with Gasteiger partial charge in [-0.05, 0) is 37.2 Å². The van der Waals surface area contributed by atoms with Crippen LogP contribution in [0.5, 0.6) is 0 Å². The van der Waals surface area contributed by atoms with Crippen LogP contribution in [-0.4, -0.2) is 58.3 Å². The third-order valence-electron chi connectivity index (χ3n) is 8.98. The third kappa shape index (κ3) is 5.89. The van der Waals surface area contributed by atoms with Crippen LogP contribution in [-0.2, 0) is 25.2 Å². The summed E-state index contributed by atoms with van der Waals surface area (Å²) in [5.74, 6) is 0.341. The van der Waals surface area contributed by atoms with Crippen LogP contribution >= 0.6 is 0 Å². The van der Waals surface area contributed by atoms with Gasteiger partial charge in [0, 0.05) is 11.1 Å². The van der Waals surface area contributed by atoms with E-state index in [4.69, 9.17) is 23.1 Å². The van der Waals surface area contributed by atoms with Gasteiger partial charge in [-0.1, -0.05) is 68.4 Å². The van der Waals surface area contributed by atoms with Gasteiger partial charge in [0.25, 0.3) is 0 Å². The molecule has 2 aliphatic heterocycles. The highest BCUT2D eigenvalue weighted by Crippen LogP contribution is 2.47. The van der Waals surface area contributed by atoms with Crippen molar-refractivity contribution in [1.82, 2.24) is 20.0 Å². The number of rotatable bonds is 10. The van der Waals surface area contributed by atoms with Crippen LogP contribution in [0.15, 0.2) is 65.2 Å². The van der Waals surface area contributed by atoms with Gasteiger partial charge in [-0.3, -0.25) is 0 Å². The Kier molecular flexibility index (Phi) is 9.08. The molecule has 2 saturated heterocycles. The van der Waals surface area contributed by atoms with Crippen molar-refractivity contribution in [3.8, 4) is 11.3 Å². The molecule has 10 nitrogen and oxygen atoms in total. The molecule has 4 heterocycles. The Balaban J connectivity index is 1.47. The number of fused-ring (bicyclic) bond motifs is 1. The van der Waals surface area contributed by atoms with Gasteiger partial charge in [-0.2, -0.15) is 0 Å². The lowest BCUT2D eigenvalue weighted by molar-refractivity contribution is -0.318. The van der Waals surface area contributed by atoms with E-state index in [-0.39, 0.29) is 19.0 Å². The minimum atomic E-state index is -2.27. The molecule has 234 valence electrons. The van der Waals surface area contributed by atoms with Crippen LogP contribution in [0, 0.1) is 12.7 Å². The minimum Gasteiger partial charge on any atom is -0.440 e. The molecular formula is C32H39FN4O6Si. The lowest BCUT2D eigenvalue weighted by atomic mass is 9.91. The molecule has 2 aromatic carbocycles. The number of ether oxygens (including phenoxy) is 3. The topological polar surface area (TPSA) is 114 Å². The summed E-state index contributed by atoms with van der Waals surface area (Å²) >= 11 is 0. The van der Waals surface area contributed by atoms with Gasteiger partial charge >= 0.3 is 0 Å². The molecule has 0 aliphatic carbocycles. The third-order valence-corrected chi connectivity index (χ3v) is 13.6. The lowest BCUT2D eigenvalue weighted by Gasteiger charge is -2.50. The highest BCUT2D eigenvalue weighted by atomic mass is 28.4. The summed E-state index contributed by atoms with van der Waals surface area (Å²) in [6.07, 6.45) is -1.23. The Morgan fingerprint density at radius 3 is 2.50 bits per heavy atom. The van der Waals surface area contributed by atoms with Crippen molar-refractivity contribution in [3.63, 3.8) is 0 Å². The van der Waals surface area contributed by atoms with E-state index >= 15 is 0 Å². The first-order valence-corrected chi connectivity index (χ1v) is 17.8. The van der Waals surface area contributed by atoms with E-state index in [1.54, 1.807) is 29.9 Å². The van der Waals surface area contributed by atoms with Crippen molar-refractivity contribution in [2.45, 2.75) is 89.2 Å². The van der Waals surface area contributed by atoms with Crippen molar-refractivity contribution < 1.29 is 32.6 Å². The molecule has 2 aliphatic rings. The summed E-state index contributed by atoms with van der Waals surface area (Å²) < 4.78 is 48.8. The molecule has 2 fully saturated rings. The molecule has 0 unspecified atom stereocenters. The Hall–Kier alpha value is -3.26. The van der Waals surface area contributed by atoms with Gasteiger partial charge < -0.3 is 28.2 Å². The van der Waals surface area contributed by atoms with Gasteiger partial charge in [-0.25, -0.2) is 14.1 Å². The summed E-state index contributed by atoms with van der Waals surface area (Å²) in [6.45, 7) is 8.27. The van der Waals surface area contributed by atoms with E-state index in [1.807, 2.05) is 30.3 Å². The van der Waals surface area contributed by atoms with Crippen molar-refractivity contribution in [2.24, 2.45) is 0 Å². The average molecular weight is 623 g/mol. The van der Waals surface area contributed by atoms with Crippen molar-refractivity contribution in [3.05, 3.63) is 89.5 Å². The number of halogens is 1. The highest BCUT2D eigenvalue weighted by Gasteiger charge is 2.55. The lowest BCUT2D eigenvalue weighted by Crippen LogP contribution is -2.59. The fourth-order valence-corrected chi connectivity index (χ4v) is 9.06. The molecule has 4 aromatic rings. The molecule has 0 radical (unpaired) electrons. The van der Waals surface area contributed by atoms with Crippen molar-refractivity contribution in [1.29, 1.82) is 0 Å². The SMILES string of the molecule is CC[Si](CC)(CC)O[C@@H]1[C@@H](n2cc(-c3cccc(F)c3)nn2)[C@H]2O[C@@H](c3ccccc3)OC[C@H]2O[C@H]1c1nc(C)c(CO)o1. The average Bonchev–Trinajstić information content (AvgIpc) is 3.70. The molecular weight excluding hydrogens is 583 g/mol. The normalized spacial score (nSPS) is 25.6. The summed E-state index contributed by atoms with van der Waals surface area (Å²) in [5, 5.41) is 18.9. The smallest absolute Gasteiger partial charge is 0.226 e. The Morgan fingerprint density at radius 1 is 1.05 bits per heavy atom. The van der Waals surface area contributed by atoms with Gasteiger partial charge in [-0.15, -0.1) is 5.10 Å². The van der Waals surface area contributed by atoms with Crippen molar-refractivity contribution >= 4 is 8.32 Å². The van der Waals surface area contributed by atoms with Crippen LogP contribution in [0.25, 0.3) is 11.3 Å². The maximum Gasteiger partial charge on any atom is 0.226 e. The zero-order valence-corrected chi connectivity index (χ0v) is 26.4. The summed E-state index contributed by atoms with van der Waals surface area (Å²) in [4.78, 5) is 4.67. The number of aliphatic hydroxyl groups excluding tert-OH is 1. The van der Waals surface area contributed by atoms with Gasteiger partial charge in [0.2, 0.25) is 5.89 Å². The first-order valence-electron chi connectivity index (χ1n) is 15.3. The Bertz CT molecular complexity index is 1540. The molecule has 2 aromatic heterocycles. The maximum absolute atomic E-state index is 14.2. The second kappa shape index (κ2) is 13.0. The number of aryl methyl sites for hydroxylation is 1. The fraction of sp³-hybridized carbons (Fsp3) is 0.469. The molecule has 12 heteroatoms. The van der Waals surface area contributed by atoms with Gasteiger partial charge in [0.05, 0.1) is 18.5 Å². The van der Waals surface area contributed by atoms with Gasteiger partial charge in [0.1, 0.15) is 42.5 Å². The minimum absolute atomic E-state index is 0.250.